The Morgan fingerprint density at radius 1 is 1.11 bits per heavy atom. The molecule has 28 heavy (non-hydrogen) atoms. The van der Waals surface area contributed by atoms with E-state index in [9.17, 15) is 10.2 Å². The van der Waals surface area contributed by atoms with Gasteiger partial charge >= 0.3 is 0 Å². The lowest BCUT2D eigenvalue weighted by atomic mass is 9.77. The van der Waals surface area contributed by atoms with E-state index in [4.69, 9.17) is 23.2 Å². The fraction of sp³-hybridized carbons (Fsp3) is 0.476. The second-order valence-corrected chi connectivity index (χ2v) is 9.60. The smallest absolute Gasteiger partial charge is 0.150 e. The van der Waals surface area contributed by atoms with Gasteiger partial charge in [0.25, 0.3) is 0 Å². The number of pyridine rings is 1. The predicted molar refractivity (Wildman–Crippen MR) is 115 cm³/mol. The largest absolute Gasteiger partial charge is 0.505 e. The summed E-state index contributed by atoms with van der Waals surface area (Å²) >= 11 is 13.6. The summed E-state index contributed by atoms with van der Waals surface area (Å²) in [5, 5.41) is 21.8. The number of benzene rings is 1. The molecule has 150 valence electrons. The first-order chi connectivity index (χ1) is 13.5. The summed E-state index contributed by atoms with van der Waals surface area (Å²) in [4.78, 5) is 7.51. The minimum Gasteiger partial charge on any atom is -0.505 e. The van der Waals surface area contributed by atoms with Crippen LogP contribution in [0.15, 0.2) is 34.2 Å². The third kappa shape index (κ3) is 3.95. The molecular formula is C21H24Cl2N2O2S. The highest BCUT2D eigenvalue weighted by Crippen LogP contribution is 2.47. The first-order valence-corrected chi connectivity index (χ1v) is 11.3. The van der Waals surface area contributed by atoms with Crippen LogP contribution in [0.4, 0.5) is 5.69 Å². The van der Waals surface area contributed by atoms with Gasteiger partial charge in [-0.1, -0.05) is 53.9 Å². The first kappa shape index (κ1) is 20.1. The normalized spacial score (nSPS) is 18.8. The van der Waals surface area contributed by atoms with E-state index in [2.05, 4.69) is 9.88 Å². The van der Waals surface area contributed by atoms with Crippen molar-refractivity contribution >= 4 is 40.7 Å². The summed E-state index contributed by atoms with van der Waals surface area (Å²) in [5.41, 5.74) is 1.93. The van der Waals surface area contributed by atoms with Crippen LogP contribution in [0.2, 0.25) is 10.0 Å². The molecule has 0 atom stereocenters. The van der Waals surface area contributed by atoms with Gasteiger partial charge in [0.05, 0.1) is 28.0 Å². The van der Waals surface area contributed by atoms with Crippen LogP contribution in [-0.2, 0) is 6.61 Å². The molecule has 0 radical (unpaired) electrons. The molecular weight excluding hydrogens is 415 g/mol. The van der Waals surface area contributed by atoms with Gasteiger partial charge in [-0.05, 0) is 43.2 Å². The van der Waals surface area contributed by atoms with E-state index >= 15 is 0 Å². The van der Waals surface area contributed by atoms with Crippen LogP contribution in [0.3, 0.4) is 0 Å². The molecule has 2 heterocycles. The van der Waals surface area contributed by atoms with Crippen molar-refractivity contribution < 1.29 is 10.2 Å². The highest BCUT2D eigenvalue weighted by atomic mass is 35.5. The molecule has 4 rings (SSSR count). The van der Waals surface area contributed by atoms with Crippen molar-refractivity contribution in [3.8, 4) is 5.75 Å². The van der Waals surface area contributed by atoms with Crippen LogP contribution in [0.25, 0.3) is 0 Å². The molecule has 0 amide bonds. The lowest BCUT2D eigenvalue weighted by molar-refractivity contribution is 0.225. The fourth-order valence-corrected chi connectivity index (χ4v) is 5.84. The van der Waals surface area contributed by atoms with Crippen molar-refractivity contribution in [2.45, 2.75) is 55.1 Å². The minimum absolute atomic E-state index is 0.0920. The molecule has 2 aliphatic rings. The summed E-state index contributed by atoms with van der Waals surface area (Å²) in [6.45, 7) is 1.72. The zero-order chi connectivity index (χ0) is 19.7. The molecule has 1 aromatic heterocycles. The Labute approximate surface area is 179 Å². The Balaban J connectivity index is 1.57. The maximum atomic E-state index is 10.6. The van der Waals surface area contributed by atoms with Crippen LogP contribution < -0.4 is 4.90 Å². The van der Waals surface area contributed by atoms with Gasteiger partial charge < -0.3 is 15.1 Å². The average Bonchev–Trinajstić information content (AvgIpc) is 3.15. The molecule has 0 bridgehead atoms. The number of aromatic hydroxyl groups is 1. The summed E-state index contributed by atoms with van der Waals surface area (Å²) in [5.74, 6) is 0.0920. The Bertz CT molecular complexity index is 862. The van der Waals surface area contributed by atoms with Crippen molar-refractivity contribution in [2.24, 2.45) is 5.41 Å². The molecule has 1 saturated carbocycles. The molecule has 2 N–H and O–H groups in total. The maximum Gasteiger partial charge on any atom is 0.150 e. The van der Waals surface area contributed by atoms with Crippen LogP contribution >= 0.6 is 35.0 Å². The molecule has 1 aliphatic carbocycles. The zero-order valence-corrected chi connectivity index (χ0v) is 18.0. The molecule has 4 nitrogen and oxygen atoms in total. The number of hydrogen-bond donors (Lipinski definition) is 2. The number of aliphatic hydroxyl groups is 1. The highest BCUT2D eigenvalue weighted by Gasteiger charge is 2.37. The summed E-state index contributed by atoms with van der Waals surface area (Å²) in [7, 11) is 0. The van der Waals surface area contributed by atoms with E-state index in [1.165, 1.54) is 50.3 Å². The fourth-order valence-electron chi connectivity index (χ4n) is 4.49. The number of aliphatic hydroxyl groups excluding tert-OH is 1. The van der Waals surface area contributed by atoms with Crippen LogP contribution in [-0.4, -0.2) is 28.3 Å². The topological polar surface area (TPSA) is 56.6 Å². The molecule has 1 aromatic carbocycles. The number of halogens is 2. The van der Waals surface area contributed by atoms with E-state index in [1.54, 1.807) is 12.1 Å². The lowest BCUT2D eigenvalue weighted by Crippen LogP contribution is -2.39. The Kier molecular flexibility index (Phi) is 5.98. The predicted octanol–water partition coefficient (Wildman–Crippen LogP) is 5.90. The number of nitrogens with zero attached hydrogens (tertiary/aromatic N) is 2. The minimum atomic E-state index is -0.173. The van der Waals surface area contributed by atoms with Gasteiger partial charge in [0.15, 0.2) is 0 Å². The molecule has 1 saturated heterocycles. The number of anilines is 1. The molecule has 2 aromatic rings. The molecule has 0 unspecified atom stereocenters. The van der Waals surface area contributed by atoms with Gasteiger partial charge in [-0.25, -0.2) is 4.98 Å². The van der Waals surface area contributed by atoms with E-state index < -0.39 is 0 Å². The molecule has 7 heteroatoms. The van der Waals surface area contributed by atoms with Crippen LogP contribution in [0.5, 0.6) is 5.75 Å². The van der Waals surface area contributed by atoms with Gasteiger partial charge in [0, 0.05) is 24.1 Å². The monoisotopic (exact) mass is 438 g/mol. The van der Waals surface area contributed by atoms with Gasteiger partial charge in [-0.3, -0.25) is 0 Å². The van der Waals surface area contributed by atoms with Crippen LogP contribution in [0.1, 0.15) is 44.2 Å². The van der Waals surface area contributed by atoms with Gasteiger partial charge in [-0.15, -0.1) is 0 Å². The number of piperidine rings is 1. The van der Waals surface area contributed by atoms with Crippen molar-refractivity contribution in [3.05, 3.63) is 40.0 Å². The molecule has 2 fully saturated rings. The van der Waals surface area contributed by atoms with E-state index in [0.717, 1.165) is 23.7 Å². The van der Waals surface area contributed by atoms with E-state index in [1.807, 2.05) is 12.1 Å². The van der Waals surface area contributed by atoms with Gasteiger partial charge in [-0.2, -0.15) is 0 Å². The third-order valence-electron chi connectivity index (χ3n) is 6.13. The van der Waals surface area contributed by atoms with Crippen molar-refractivity contribution in [1.82, 2.24) is 4.98 Å². The van der Waals surface area contributed by atoms with Gasteiger partial charge in [0.1, 0.15) is 10.8 Å². The Morgan fingerprint density at radius 3 is 2.50 bits per heavy atom. The van der Waals surface area contributed by atoms with Crippen LogP contribution in [0, 0.1) is 5.41 Å². The average molecular weight is 439 g/mol. The standard InChI is InChI=1S/C21H24Cl2N2O2S/c22-14-4-3-5-18(19(14)23)28-20-17(27)12-16(15(13-26)24-20)25-10-8-21(9-11-25)6-1-2-7-21/h3-5,12,26-27H,1-2,6-11,13H2. The lowest BCUT2D eigenvalue weighted by Gasteiger charge is -2.41. The van der Waals surface area contributed by atoms with Crippen molar-refractivity contribution in [1.29, 1.82) is 0 Å². The summed E-state index contributed by atoms with van der Waals surface area (Å²) < 4.78 is 0. The van der Waals surface area contributed by atoms with Crippen molar-refractivity contribution in [2.75, 3.05) is 18.0 Å². The Morgan fingerprint density at radius 2 is 1.82 bits per heavy atom. The number of hydrogen-bond acceptors (Lipinski definition) is 5. The first-order valence-electron chi connectivity index (χ1n) is 9.72. The molecule has 1 aliphatic heterocycles. The number of aromatic nitrogens is 1. The van der Waals surface area contributed by atoms with E-state index in [-0.39, 0.29) is 12.4 Å². The van der Waals surface area contributed by atoms with E-state index in [0.29, 0.717) is 26.2 Å². The second kappa shape index (κ2) is 8.31. The maximum absolute atomic E-state index is 10.6. The highest BCUT2D eigenvalue weighted by molar-refractivity contribution is 7.99. The SMILES string of the molecule is OCc1nc(Sc2cccc(Cl)c2Cl)c(O)cc1N1CCC2(CCCC2)CC1. The summed E-state index contributed by atoms with van der Waals surface area (Å²) in [6, 6.07) is 7.09. The quantitative estimate of drug-likeness (QED) is 0.622. The third-order valence-corrected chi connectivity index (χ3v) is 8.11. The second-order valence-electron chi connectivity index (χ2n) is 7.78. The Hall–Kier alpha value is -1.14. The van der Waals surface area contributed by atoms with Gasteiger partial charge in [0.2, 0.25) is 0 Å². The number of rotatable bonds is 4. The zero-order valence-electron chi connectivity index (χ0n) is 15.6. The summed E-state index contributed by atoms with van der Waals surface area (Å²) in [6.07, 6.45) is 7.73. The molecule has 1 spiro atoms. The van der Waals surface area contributed by atoms with Crippen molar-refractivity contribution in [3.63, 3.8) is 0 Å².